The summed E-state index contributed by atoms with van der Waals surface area (Å²) in [5.41, 5.74) is 6.09. The summed E-state index contributed by atoms with van der Waals surface area (Å²) < 4.78 is 31.6. The van der Waals surface area contributed by atoms with Crippen molar-refractivity contribution in [1.29, 1.82) is 0 Å². The van der Waals surface area contributed by atoms with Gasteiger partial charge in [-0.2, -0.15) is 0 Å². The predicted octanol–water partition coefficient (Wildman–Crippen LogP) is 3.78. The van der Waals surface area contributed by atoms with Gasteiger partial charge in [-0.05, 0) is 24.3 Å². The van der Waals surface area contributed by atoms with Crippen LogP contribution in [0.4, 0.5) is 14.5 Å². The maximum Gasteiger partial charge on any atom is 0.142 e. The van der Waals surface area contributed by atoms with E-state index >= 15 is 0 Å². The average Bonchev–Trinajstić information content (AvgIpc) is 2.30. The first-order valence-corrected chi connectivity index (χ1v) is 5.56. The first-order valence-electron chi connectivity index (χ1n) is 5.18. The minimum atomic E-state index is -0.455. The van der Waals surface area contributed by atoms with Crippen LogP contribution < -0.4 is 10.5 Å². The fourth-order valence-electron chi connectivity index (χ4n) is 1.45. The summed E-state index contributed by atoms with van der Waals surface area (Å²) in [5, 5.41) is 0.317. The van der Waals surface area contributed by atoms with E-state index in [0.717, 1.165) is 6.07 Å². The lowest BCUT2D eigenvalue weighted by molar-refractivity contribution is 0.301. The summed E-state index contributed by atoms with van der Waals surface area (Å²) in [6.45, 7) is -0.00116. The van der Waals surface area contributed by atoms with Crippen molar-refractivity contribution in [1.82, 2.24) is 0 Å². The highest BCUT2D eigenvalue weighted by atomic mass is 35.5. The van der Waals surface area contributed by atoms with Gasteiger partial charge >= 0.3 is 0 Å². The molecule has 0 aliphatic carbocycles. The van der Waals surface area contributed by atoms with Crippen molar-refractivity contribution in [2.75, 3.05) is 5.73 Å². The van der Waals surface area contributed by atoms with Gasteiger partial charge in [0, 0.05) is 16.7 Å². The maximum absolute atomic E-state index is 13.5. The molecule has 0 saturated heterocycles. The molecule has 2 N–H and O–H groups in total. The van der Waals surface area contributed by atoms with E-state index in [9.17, 15) is 8.78 Å². The number of nitrogen functional groups attached to an aromatic ring is 1. The molecule has 0 bridgehead atoms. The highest BCUT2D eigenvalue weighted by Crippen LogP contribution is 2.23. The van der Waals surface area contributed by atoms with Gasteiger partial charge in [-0.3, -0.25) is 0 Å². The predicted molar refractivity (Wildman–Crippen MR) is 66.6 cm³/mol. The summed E-state index contributed by atoms with van der Waals surface area (Å²) in [6, 6.07) is 8.07. The van der Waals surface area contributed by atoms with Crippen LogP contribution in [0.5, 0.6) is 5.75 Å². The molecule has 0 aromatic heterocycles. The minimum Gasteiger partial charge on any atom is -0.487 e. The van der Waals surface area contributed by atoms with E-state index in [1.165, 1.54) is 24.3 Å². The van der Waals surface area contributed by atoms with Gasteiger partial charge in [-0.25, -0.2) is 8.78 Å². The average molecular weight is 270 g/mol. The molecule has 0 aliphatic rings. The minimum absolute atomic E-state index is 0.00116. The number of hydrogen-bond donors (Lipinski definition) is 1. The summed E-state index contributed by atoms with van der Waals surface area (Å²) in [7, 11) is 0. The summed E-state index contributed by atoms with van der Waals surface area (Å²) in [4.78, 5) is 0. The van der Waals surface area contributed by atoms with Gasteiger partial charge < -0.3 is 10.5 Å². The zero-order valence-corrected chi connectivity index (χ0v) is 10.0. The van der Waals surface area contributed by atoms with Crippen LogP contribution in [0.2, 0.25) is 5.02 Å². The van der Waals surface area contributed by atoms with E-state index in [1.807, 2.05) is 0 Å². The molecule has 5 heteroatoms. The molecule has 0 atom stereocenters. The zero-order valence-electron chi connectivity index (χ0n) is 9.29. The highest BCUT2D eigenvalue weighted by molar-refractivity contribution is 6.30. The second-order valence-electron chi connectivity index (χ2n) is 3.71. The van der Waals surface area contributed by atoms with Gasteiger partial charge in [0.05, 0.1) is 5.69 Å². The van der Waals surface area contributed by atoms with Crippen LogP contribution in [-0.2, 0) is 6.61 Å². The van der Waals surface area contributed by atoms with Crippen molar-refractivity contribution in [3.05, 3.63) is 58.6 Å². The third kappa shape index (κ3) is 2.90. The van der Waals surface area contributed by atoms with Gasteiger partial charge in [0.1, 0.15) is 24.0 Å². The molecule has 0 spiro atoms. The molecule has 18 heavy (non-hydrogen) atoms. The van der Waals surface area contributed by atoms with Crippen molar-refractivity contribution < 1.29 is 13.5 Å². The molecule has 2 aromatic carbocycles. The first-order chi connectivity index (χ1) is 8.56. The second kappa shape index (κ2) is 5.23. The molecular weight excluding hydrogens is 260 g/mol. The van der Waals surface area contributed by atoms with E-state index in [2.05, 4.69) is 0 Å². The van der Waals surface area contributed by atoms with Crippen molar-refractivity contribution in [2.24, 2.45) is 0 Å². The Morgan fingerprint density at radius 2 is 1.89 bits per heavy atom. The molecule has 2 aromatic rings. The van der Waals surface area contributed by atoms with Gasteiger partial charge in [-0.1, -0.05) is 17.7 Å². The third-order valence-electron chi connectivity index (χ3n) is 2.37. The zero-order chi connectivity index (χ0) is 13.1. The first kappa shape index (κ1) is 12.6. The van der Waals surface area contributed by atoms with Gasteiger partial charge in [0.15, 0.2) is 0 Å². The Morgan fingerprint density at radius 1 is 1.11 bits per heavy atom. The smallest absolute Gasteiger partial charge is 0.142 e. The van der Waals surface area contributed by atoms with Gasteiger partial charge in [0.2, 0.25) is 0 Å². The molecule has 0 amide bonds. The van der Waals surface area contributed by atoms with E-state index < -0.39 is 11.6 Å². The Balaban J connectivity index is 2.11. The van der Waals surface area contributed by atoms with E-state index in [0.29, 0.717) is 16.3 Å². The van der Waals surface area contributed by atoms with E-state index in [4.69, 9.17) is 22.1 Å². The van der Waals surface area contributed by atoms with E-state index in [1.54, 1.807) is 6.07 Å². The maximum atomic E-state index is 13.5. The van der Waals surface area contributed by atoms with E-state index in [-0.39, 0.29) is 12.3 Å². The van der Waals surface area contributed by atoms with Crippen LogP contribution in [0, 0.1) is 11.6 Å². The topological polar surface area (TPSA) is 35.2 Å². The highest BCUT2D eigenvalue weighted by Gasteiger charge is 2.06. The molecule has 0 aliphatic heterocycles. The fourth-order valence-corrected chi connectivity index (χ4v) is 1.60. The second-order valence-corrected chi connectivity index (χ2v) is 4.14. The number of rotatable bonds is 3. The quantitative estimate of drug-likeness (QED) is 0.861. The molecule has 2 nitrogen and oxygen atoms in total. The lowest BCUT2D eigenvalue weighted by atomic mass is 10.2. The lowest BCUT2D eigenvalue weighted by Gasteiger charge is -2.09. The van der Waals surface area contributed by atoms with Crippen LogP contribution in [0.15, 0.2) is 36.4 Å². The Labute approximate surface area is 108 Å². The molecule has 0 fully saturated rings. The van der Waals surface area contributed by atoms with Crippen LogP contribution in [0.1, 0.15) is 5.56 Å². The van der Waals surface area contributed by atoms with Crippen LogP contribution in [0.3, 0.4) is 0 Å². The Bertz CT molecular complexity index is 523. The van der Waals surface area contributed by atoms with Crippen molar-refractivity contribution in [3.63, 3.8) is 0 Å². The van der Waals surface area contributed by atoms with Crippen LogP contribution in [-0.4, -0.2) is 0 Å². The number of hydrogen-bond acceptors (Lipinski definition) is 2. The van der Waals surface area contributed by atoms with Crippen LogP contribution in [0.25, 0.3) is 0 Å². The molecule has 94 valence electrons. The Morgan fingerprint density at radius 3 is 2.56 bits per heavy atom. The lowest BCUT2D eigenvalue weighted by Crippen LogP contribution is -2.01. The van der Waals surface area contributed by atoms with Gasteiger partial charge in [-0.15, -0.1) is 0 Å². The Hall–Kier alpha value is -1.81. The molecule has 0 saturated carbocycles. The normalized spacial score (nSPS) is 10.4. The van der Waals surface area contributed by atoms with Crippen molar-refractivity contribution >= 4 is 17.3 Å². The third-order valence-corrected chi connectivity index (χ3v) is 2.61. The number of ether oxygens (including phenoxy) is 1. The fraction of sp³-hybridized carbons (Fsp3) is 0.0769. The number of benzene rings is 2. The summed E-state index contributed by atoms with van der Waals surface area (Å²) in [5.74, 6) is -0.591. The standard InChI is InChI=1S/C13H10ClF2NO/c14-9-2-1-8(11(16)5-9)7-18-13-4-3-10(15)6-12(13)17/h1-6H,7,17H2. The summed E-state index contributed by atoms with van der Waals surface area (Å²) in [6.07, 6.45) is 0. The number of halogens is 3. The molecular formula is C13H10ClF2NO. The van der Waals surface area contributed by atoms with Gasteiger partial charge in [0.25, 0.3) is 0 Å². The molecule has 0 radical (unpaired) electrons. The summed E-state index contributed by atoms with van der Waals surface area (Å²) >= 11 is 5.63. The van der Waals surface area contributed by atoms with Crippen molar-refractivity contribution in [2.45, 2.75) is 6.61 Å². The van der Waals surface area contributed by atoms with Crippen LogP contribution >= 0.6 is 11.6 Å². The molecule has 0 unspecified atom stereocenters. The molecule has 2 rings (SSSR count). The largest absolute Gasteiger partial charge is 0.487 e. The van der Waals surface area contributed by atoms with Crippen molar-refractivity contribution in [3.8, 4) is 5.75 Å². The SMILES string of the molecule is Nc1cc(F)ccc1OCc1ccc(Cl)cc1F. The monoisotopic (exact) mass is 269 g/mol. The number of nitrogens with two attached hydrogens (primary N) is 1. The molecule has 0 heterocycles. The Kier molecular flexibility index (Phi) is 3.67. The number of anilines is 1.